The smallest absolute Gasteiger partial charge is 0.338 e. The fraction of sp³-hybridized carbons (Fsp3) is 0.211. The Bertz CT molecular complexity index is 841. The minimum Gasteiger partial charge on any atom is -0.493 e. The van der Waals surface area contributed by atoms with Crippen molar-refractivity contribution in [1.82, 2.24) is 5.06 Å². The lowest BCUT2D eigenvalue weighted by Crippen LogP contribution is -2.32. The zero-order chi connectivity index (χ0) is 19.1. The van der Waals surface area contributed by atoms with E-state index in [0.717, 1.165) is 0 Å². The molecule has 0 heterocycles. The van der Waals surface area contributed by atoms with Gasteiger partial charge in [-0.3, -0.25) is 5.21 Å². The van der Waals surface area contributed by atoms with Crippen molar-refractivity contribution < 1.29 is 24.6 Å². The van der Waals surface area contributed by atoms with E-state index in [-0.39, 0.29) is 6.54 Å². The average Bonchev–Trinajstić information content (AvgIpc) is 2.65. The number of amides is 2. The van der Waals surface area contributed by atoms with Crippen molar-refractivity contribution in [3.8, 4) is 23.3 Å². The monoisotopic (exact) mass is 356 g/mol. The Morgan fingerprint density at radius 2 is 1.92 bits per heavy atom. The zero-order valence-corrected chi connectivity index (χ0v) is 14.5. The highest BCUT2D eigenvalue weighted by atomic mass is 16.5. The van der Waals surface area contributed by atoms with Gasteiger partial charge in [0.1, 0.15) is 6.10 Å². The van der Waals surface area contributed by atoms with Gasteiger partial charge < -0.3 is 20.3 Å². The quantitative estimate of drug-likeness (QED) is 0.432. The first-order valence-electron chi connectivity index (χ1n) is 7.71. The Morgan fingerprint density at radius 3 is 2.58 bits per heavy atom. The Morgan fingerprint density at radius 1 is 1.19 bits per heavy atom. The lowest BCUT2D eigenvalue weighted by Gasteiger charge is -2.13. The maximum atomic E-state index is 10.9. The summed E-state index contributed by atoms with van der Waals surface area (Å²) in [5.41, 5.74) is 6.79. The number of carbonyl (C=O) groups excluding carboxylic acids is 1. The van der Waals surface area contributed by atoms with Crippen LogP contribution in [0.3, 0.4) is 0 Å². The van der Waals surface area contributed by atoms with Gasteiger partial charge >= 0.3 is 6.03 Å². The Kier molecular flexibility index (Phi) is 6.44. The molecule has 7 nitrogen and oxygen atoms in total. The van der Waals surface area contributed by atoms with E-state index in [4.69, 9.17) is 15.2 Å². The predicted octanol–water partition coefficient (Wildman–Crippen LogP) is 2.06. The van der Waals surface area contributed by atoms with Crippen LogP contribution in [0.1, 0.15) is 22.8 Å². The van der Waals surface area contributed by atoms with Crippen LogP contribution < -0.4 is 15.2 Å². The van der Waals surface area contributed by atoms with Crippen LogP contribution in [0.4, 0.5) is 4.79 Å². The van der Waals surface area contributed by atoms with E-state index in [2.05, 4.69) is 11.8 Å². The number of primary amides is 1. The van der Waals surface area contributed by atoms with E-state index in [9.17, 15) is 15.1 Å². The number of hydroxylamine groups is 2. The Labute approximate surface area is 151 Å². The summed E-state index contributed by atoms with van der Waals surface area (Å²) < 4.78 is 10.4. The van der Waals surface area contributed by atoms with Crippen LogP contribution in [0, 0.1) is 11.8 Å². The van der Waals surface area contributed by atoms with Crippen LogP contribution >= 0.6 is 0 Å². The van der Waals surface area contributed by atoms with Crippen molar-refractivity contribution in [3.63, 3.8) is 0 Å². The predicted molar refractivity (Wildman–Crippen MR) is 94.7 cm³/mol. The lowest BCUT2D eigenvalue weighted by atomic mass is 10.1. The summed E-state index contributed by atoms with van der Waals surface area (Å²) in [7, 11) is 3.08. The number of hydrogen-bond acceptors (Lipinski definition) is 5. The summed E-state index contributed by atoms with van der Waals surface area (Å²) >= 11 is 0. The van der Waals surface area contributed by atoms with Crippen molar-refractivity contribution in [2.75, 3.05) is 14.2 Å². The molecule has 7 heteroatoms. The van der Waals surface area contributed by atoms with E-state index in [1.54, 1.807) is 49.6 Å². The van der Waals surface area contributed by atoms with Gasteiger partial charge in [-0.25, -0.2) is 9.86 Å². The molecule has 0 spiro atoms. The van der Waals surface area contributed by atoms with Crippen LogP contribution in [0.5, 0.6) is 11.5 Å². The molecule has 0 bridgehead atoms. The number of methoxy groups -OCH3 is 2. The topological polar surface area (TPSA) is 105 Å². The van der Waals surface area contributed by atoms with Crippen LogP contribution in [-0.4, -0.2) is 35.6 Å². The highest BCUT2D eigenvalue weighted by Gasteiger charge is 2.09. The number of rotatable bonds is 5. The molecule has 0 aromatic heterocycles. The van der Waals surface area contributed by atoms with Gasteiger partial charge in [0.2, 0.25) is 0 Å². The molecule has 0 aliphatic carbocycles. The number of aliphatic hydroxyl groups is 1. The molecular weight excluding hydrogens is 336 g/mol. The molecule has 1 unspecified atom stereocenters. The molecule has 2 aromatic rings. The van der Waals surface area contributed by atoms with Gasteiger partial charge in [0.05, 0.1) is 20.8 Å². The van der Waals surface area contributed by atoms with Gasteiger partial charge in [-0.15, -0.1) is 0 Å². The van der Waals surface area contributed by atoms with Crippen LogP contribution in [0.25, 0.3) is 0 Å². The van der Waals surface area contributed by atoms with Crippen molar-refractivity contribution in [1.29, 1.82) is 0 Å². The van der Waals surface area contributed by atoms with Gasteiger partial charge in [0, 0.05) is 5.56 Å². The van der Waals surface area contributed by atoms with E-state index in [1.807, 2.05) is 0 Å². The van der Waals surface area contributed by atoms with E-state index >= 15 is 0 Å². The molecule has 136 valence electrons. The maximum Gasteiger partial charge on any atom is 0.338 e. The molecule has 4 N–H and O–H groups in total. The summed E-state index contributed by atoms with van der Waals surface area (Å²) in [6.07, 6.45) is -1.04. The van der Waals surface area contributed by atoms with Crippen LogP contribution in [0.2, 0.25) is 0 Å². The summed E-state index contributed by atoms with van der Waals surface area (Å²) in [6, 6.07) is 11.0. The van der Waals surface area contributed by atoms with Gasteiger partial charge in [-0.1, -0.05) is 36.1 Å². The fourth-order valence-electron chi connectivity index (χ4n) is 2.26. The molecule has 0 saturated heterocycles. The minimum atomic E-state index is -1.04. The third kappa shape index (κ3) is 4.89. The minimum absolute atomic E-state index is 0.0843. The number of aliphatic hydroxyl groups excluding tert-OH is 1. The van der Waals surface area contributed by atoms with Gasteiger partial charge in [-0.2, -0.15) is 0 Å². The van der Waals surface area contributed by atoms with Crippen LogP contribution in [-0.2, 0) is 6.54 Å². The number of benzene rings is 2. The van der Waals surface area contributed by atoms with Crippen molar-refractivity contribution in [2.45, 2.75) is 12.6 Å². The second kappa shape index (κ2) is 8.76. The second-order valence-electron chi connectivity index (χ2n) is 5.38. The van der Waals surface area contributed by atoms with Gasteiger partial charge in [0.15, 0.2) is 11.5 Å². The molecule has 0 fully saturated rings. The number of nitrogens with two attached hydrogens (primary N) is 1. The molecule has 0 saturated carbocycles. The lowest BCUT2D eigenvalue weighted by molar-refractivity contribution is -0.0470. The number of ether oxygens (including phenoxy) is 2. The molecule has 2 rings (SSSR count). The molecule has 2 amide bonds. The standard InChI is InChI=1S/C19H20N2O5/c1-25-17-9-7-13(11-18(17)26-2)6-8-16(22)15-5-3-4-14(10-15)12-21(24)19(20)23/h3-5,7,9-11,16,22,24H,12H2,1-2H3,(H2,20,23). The van der Waals surface area contributed by atoms with Crippen molar-refractivity contribution in [3.05, 3.63) is 59.2 Å². The maximum absolute atomic E-state index is 10.9. The summed E-state index contributed by atoms with van der Waals surface area (Å²) in [4.78, 5) is 10.9. The van der Waals surface area contributed by atoms with E-state index < -0.39 is 12.1 Å². The largest absolute Gasteiger partial charge is 0.493 e. The summed E-state index contributed by atoms with van der Waals surface area (Å²) in [6.45, 7) is -0.0843. The molecular formula is C19H20N2O5. The SMILES string of the molecule is COc1ccc(C#CC(O)c2cccc(CN(O)C(N)=O)c2)cc1OC. The molecule has 26 heavy (non-hydrogen) atoms. The molecule has 0 aliphatic heterocycles. The number of nitrogens with zero attached hydrogens (tertiary/aromatic N) is 1. The first-order chi connectivity index (χ1) is 12.4. The zero-order valence-electron chi connectivity index (χ0n) is 14.5. The van der Waals surface area contributed by atoms with Gasteiger partial charge in [0.25, 0.3) is 0 Å². The third-order valence-corrected chi connectivity index (χ3v) is 3.59. The van der Waals surface area contributed by atoms with Crippen LogP contribution in [0.15, 0.2) is 42.5 Å². The summed E-state index contributed by atoms with van der Waals surface area (Å²) in [5, 5.41) is 20.1. The number of urea groups is 1. The Balaban J connectivity index is 2.17. The highest BCUT2D eigenvalue weighted by Crippen LogP contribution is 2.27. The Hall–Kier alpha value is -3.21. The molecule has 2 aromatic carbocycles. The second-order valence-corrected chi connectivity index (χ2v) is 5.38. The normalized spacial score (nSPS) is 11.1. The first kappa shape index (κ1) is 19.1. The number of hydrogen-bond donors (Lipinski definition) is 3. The van der Waals surface area contributed by atoms with E-state index in [0.29, 0.717) is 33.3 Å². The summed E-state index contributed by atoms with van der Waals surface area (Å²) in [5.74, 6) is 6.77. The molecule has 0 radical (unpaired) electrons. The molecule has 0 aliphatic rings. The van der Waals surface area contributed by atoms with Crippen molar-refractivity contribution in [2.24, 2.45) is 5.73 Å². The fourth-order valence-corrected chi connectivity index (χ4v) is 2.26. The highest BCUT2D eigenvalue weighted by molar-refractivity contribution is 5.70. The van der Waals surface area contributed by atoms with Crippen molar-refractivity contribution >= 4 is 6.03 Å². The first-order valence-corrected chi connectivity index (χ1v) is 7.71. The van der Waals surface area contributed by atoms with E-state index in [1.165, 1.54) is 7.11 Å². The molecule has 1 atom stereocenters. The van der Waals surface area contributed by atoms with Gasteiger partial charge in [-0.05, 0) is 29.3 Å². The number of carbonyl (C=O) groups is 1. The third-order valence-electron chi connectivity index (χ3n) is 3.59. The average molecular weight is 356 g/mol.